The number of hydrogen-bond acceptors (Lipinski definition) is 2. The molecule has 0 radical (unpaired) electrons. The highest BCUT2D eigenvalue weighted by molar-refractivity contribution is 7.98. The first kappa shape index (κ1) is 11.3. The van der Waals surface area contributed by atoms with Crippen molar-refractivity contribution in [2.45, 2.75) is 31.6 Å². The molecule has 0 N–H and O–H groups in total. The van der Waals surface area contributed by atoms with E-state index in [1.807, 2.05) is 32.2 Å². The fourth-order valence-corrected chi connectivity index (χ4v) is 2.00. The van der Waals surface area contributed by atoms with E-state index in [-0.39, 0.29) is 5.78 Å². The predicted octanol–water partition coefficient (Wildman–Crippen LogP) is 3.70. The van der Waals surface area contributed by atoms with Gasteiger partial charge in [-0.2, -0.15) is 0 Å². The van der Waals surface area contributed by atoms with Crippen LogP contribution >= 0.6 is 11.8 Å². The molecule has 0 bridgehead atoms. The van der Waals surface area contributed by atoms with Crippen LogP contribution in [0.3, 0.4) is 0 Å². The van der Waals surface area contributed by atoms with Crippen LogP contribution < -0.4 is 0 Å². The van der Waals surface area contributed by atoms with E-state index in [1.165, 1.54) is 0 Å². The van der Waals surface area contributed by atoms with Crippen molar-refractivity contribution in [3.8, 4) is 0 Å². The van der Waals surface area contributed by atoms with Gasteiger partial charge in [-0.05, 0) is 31.7 Å². The van der Waals surface area contributed by atoms with E-state index in [4.69, 9.17) is 0 Å². The van der Waals surface area contributed by atoms with Crippen molar-refractivity contribution < 1.29 is 4.79 Å². The zero-order chi connectivity index (χ0) is 10.6. The van der Waals surface area contributed by atoms with E-state index in [0.717, 1.165) is 22.4 Å². The standard InChI is InChI=1S/C12H16OS/c1-4-5-11(13)10-8-9(2)6-7-12(10)14-3/h6-8H,4-5H2,1-3H3. The van der Waals surface area contributed by atoms with Gasteiger partial charge < -0.3 is 0 Å². The molecule has 0 aromatic heterocycles. The van der Waals surface area contributed by atoms with Crippen LogP contribution in [0, 0.1) is 6.92 Å². The van der Waals surface area contributed by atoms with Gasteiger partial charge >= 0.3 is 0 Å². The summed E-state index contributed by atoms with van der Waals surface area (Å²) < 4.78 is 0. The highest BCUT2D eigenvalue weighted by Gasteiger charge is 2.09. The van der Waals surface area contributed by atoms with Crippen LogP contribution in [-0.4, -0.2) is 12.0 Å². The van der Waals surface area contributed by atoms with Crippen molar-refractivity contribution in [1.29, 1.82) is 0 Å². The Morgan fingerprint density at radius 1 is 1.43 bits per heavy atom. The van der Waals surface area contributed by atoms with E-state index in [9.17, 15) is 4.79 Å². The minimum absolute atomic E-state index is 0.264. The Morgan fingerprint density at radius 3 is 2.71 bits per heavy atom. The number of rotatable bonds is 4. The first-order chi connectivity index (χ1) is 6.69. The largest absolute Gasteiger partial charge is 0.294 e. The van der Waals surface area contributed by atoms with Gasteiger partial charge in [-0.15, -0.1) is 11.8 Å². The first-order valence-electron chi connectivity index (χ1n) is 4.87. The Hall–Kier alpha value is -0.760. The van der Waals surface area contributed by atoms with Gasteiger partial charge in [0.25, 0.3) is 0 Å². The van der Waals surface area contributed by atoms with Gasteiger partial charge in [-0.25, -0.2) is 0 Å². The summed E-state index contributed by atoms with van der Waals surface area (Å²) in [6.45, 7) is 4.05. The van der Waals surface area contributed by atoms with E-state index in [2.05, 4.69) is 6.07 Å². The Morgan fingerprint density at radius 2 is 2.14 bits per heavy atom. The lowest BCUT2D eigenvalue weighted by Gasteiger charge is -2.06. The fraction of sp³-hybridized carbons (Fsp3) is 0.417. The Balaban J connectivity index is 3.03. The minimum Gasteiger partial charge on any atom is -0.294 e. The maximum absolute atomic E-state index is 11.8. The molecule has 76 valence electrons. The Kier molecular flexibility index (Phi) is 4.21. The topological polar surface area (TPSA) is 17.1 Å². The summed E-state index contributed by atoms with van der Waals surface area (Å²) in [6.07, 6.45) is 3.57. The average molecular weight is 208 g/mol. The lowest BCUT2D eigenvalue weighted by molar-refractivity contribution is 0.0979. The second-order valence-electron chi connectivity index (χ2n) is 3.38. The lowest BCUT2D eigenvalue weighted by Crippen LogP contribution is -2.00. The summed E-state index contributed by atoms with van der Waals surface area (Å²) >= 11 is 1.64. The van der Waals surface area contributed by atoms with Gasteiger partial charge in [0, 0.05) is 16.9 Å². The molecule has 0 unspecified atom stereocenters. The maximum Gasteiger partial charge on any atom is 0.163 e. The quantitative estimate of drug-likeness (QED) is 0.554. The third kappa shape index (κ3) is 2.61. The molecular weight excluding hydrogens is 192 g/mol. The zero-order valence-corrected chi connectivity index (χ0v) is 9.78. The van der Waals surface area contributed by atoms with Gasteiger partial charge in [0.1, 0.15) is 0 Å². The molecule has 0 spiro atoms. The van der Waals surface area contributed by atoms with Crippen molar-refractivity contribution in [1.82, 2.24) is 0 Å². The number of Topliss-reactive ketones (excluding diaryl/α,β-unsaturated/α-hetero) is 1. The van der Waals surface area contributed by atoms with Crippen molar-refractivity contribution in [3.63, 3.8) is 0 Å². The number of benzene rings is 1. The molecule has 1 aromatic rings. The average Bonchev–Trinajstić information content (AvgIpc) is 2.18. The molecule has 0 aliphatic carbocycles. The molecule has 0 amide bonds. The van der Waals surface area contributed by atoms with Crippen molar-refractivity contribution in [3.05, 3.63) is 29.3 Å². The molecule has 0 aliphatic heterocycles. The number of hydrogen-bond donors (Lipinski definition) is 0. The summed E-state index contributed by atoms with van der Waals surface area (Å²) in [5, 5.41) is 0. The summed E-state index contributed by atoms with van der Waals surface area (Å²) in [6, 6.07) is 6.07. The van der Waals surface area contributed by atoms with Crippen LogP contribution in [0.5, 0.6) is 0 Å². The fourth-order valence-electron chi connectivity index (χ4n) is 1.40. The lowest BCUT2D eigenvalue weighted by atomic mass is 10.0. The third-order valence-corrected chi connectivity index (χ3v) is 2.93. The highest BCUT2D eigenvalue weighted by Crippen LogP contribution is 2.23. The number of aryl methyl sites for hydroxylation is 1. The van der Waals surface area contributed by atoms with Gasteiger partial charge in [-0.1, -0.05) is 18.6 Å². The predicted molar refractivity (Wildman–Crippen MR) is 62.2 cm³/mol. The molecule has 14 heavy (non-hydrogen) atoms. The van der Waals surface area contributed by atoms with Gasteiger partial charge in [0.15, 0.2) is 5.78 Å². The summed E-state index contributed by atoms with van der Waals surface area (Å²) in [7, 11) is 0. The first-order valence-corrected chi connectivity index (χ1v) is 6.09. The van der Waals surface area contributed by atoms with Crippen molar-refractivity contribution in [2.75, 3.05) is 6.26 Å². The van der Waals surface area contributed by atoms with Crippen LogP contribution in [0.1, 0.15) is 35.7 Å². The number of thioether (sulfide) groups is 1. The molecule has 1 aromatic carbocycles. The normalized spacial score (nSPS) is 10.2. The van der Waals surface area contributed by atoms with Crippen LogP contribution in [0.25, 0.3) is 0 Å². The van der Waals surface area contributed by atoms with Gasteiger partial charge in [0.05, 0.1) is 0 Å². The molecule has 0 atom stereocenters. The molecule has 0 aliphatic rings. The van der Waals surface area contributed by atoms with E-state index < -0.39 is 0 Å². The molecule has 1 rings (SSSR count). The Bertz CT molecular complexity index is 331. The Labute approximate surface area is 89.9 Å². The van der Waals surface area contributed by atoms with E-state index in [0.29, 0.717) is 6.42 Å². The van der Waals surface area contributed by atoms with Gasteiger partial charge in [-0.3, -0.25) is 4.79 Å². The molecule has 2 heteroatoms. The number of carbonyl (C=O) groups excluding carboxylic acids is 1. The van der Waals surface area contributed by atoms with Crippen LogP contribution in [0.4, 0.5) is 0 Å². The molecule has 0 heterocycles. The van der Waals surface area contributed by atoms with Crippen LogP contribution in [0.2, 0.25) is 0 Å². The summed E-state index contributed by atoms with van der Waals surface area (Å²) in [5.41, 5.74) is 2.04. The number of ketones is 1. The van der Waals surface area contributed by atoms with Crippen LogP contribution in [-0.2, 0) is 0 Å². The zero-order valence-electron chi connectivity index (χ0n) is 8.96. The highest BCUT2D eigenvalue weighted by atomic mass is 32.2. The smallest absolute Gasteiger partial charge is 0.163 e. The SMILES string of the molecule is CCCC(=O)c1cc(C)ccc1SC. The van der Waals surface area contributed by atoms with Crippen LogP contribution in [0.15, 0.2) is 23.1 Å². The number of carbonyl (C=O) groups is 1. The van der Waals surface area contributed by atoms with Crippen molar-refractivity contribution >= 4 is 17.5 Å². The monoisotopic (exact) mass is 208 g/mol. The molecule has 0 saturated carbocycles. The second kappa shape index (κ2) is 5.20. The summed E-state index contributed by atoms with van der Waals surface area (Å²) in [4.78, 5) is 12.9. The molecule has 0 fully saturated rings. The second-order valence-corrected chi connectivity index (χ2v) is 4.22. The van der Waals surface area contributed by atoms with Gasteiger partial charge in [0.2, 0.25) is 0 Å². The summed E-state index contributed by atoms with van der Waals surface area (Å²) in [5.74, 6) is 0.264. The van der Waals surface area contributed by atoms with E-state index in [1.54, 1.807) is 11.8 Å². The van der Waals surface area contributed by atoms with E-state index >= 15 is 0 Å². The molecular formula is C12H16OS. The maximum atomic E-state index is 11.8. The van der Waals surface area contributed by atoms with Crippen molar-refractivity contribution in [2.24, 2.45) is 0 Å². The molecule has 1 nitrogen and oxygen atoms in total. The third-order valence-electron chi connectivity index (χ3n) is 2.13. The molecule has 0 saturated heterocycles. The minimum atomic E-state index is 0.264.